The summed E-state index contributed by atoms with van der Waals surface area (Å²) in [6, 6.07) is 7.42. The van der Waals surface area contributed by atoms with Crippen LogP contribution < -0.4 is 15.2 Å². The number of hydrogen-bond donors (Lipinski definition) is 1. The van der Waals surface area contributed by atoms with Crippen LogP contribution in [0.2, 0.25) is 0 Å². The van der Waals surface area contributed by atoms with Gasteiger partial charge in [0.15, 0.2) is 11.5 Å². The Hall–Kier alpha value is -2.94. The molecule has 1 atom stereocenters. The highest BCUT2D eigenvalue weighted by Crippen LogP contribution is 2.38. The standard InChI is InChI=1S/C24H26F3N3O3/c1-14-3-4-15(2)22-21(14)32-13-18(33-22)12-29-9-7-17(8-10-29)30-20-6-5-16(24(25,26)27)11-19(20)28-23(30)31/h3-6,11,17-18H,7-10,12-13H2,1-2H3,(H,28,31). The fourth-order valence-electron chi connectivity index (χ4n) is 4.87. The highest BCUT2D eigenvalue weighted by molar-refractivity contribution is 5.76. The fourth-order valence-corrected chi connectivity index (χ4v) is 4.87. The Kier molecular flexibility index (Phi) is 5.39. The number of rotatable bonds is 3. The molecule has 0 saturated carbocycles. The maximum Gasteiger partial charge on any atom is 0.416 e. The van der Waals surface area contributed by atoms with Gasteiger partial charge in [-0.3, -0.25) is 9.47 Å². The first-order valence-electron chi connectivity index (χ1n) is 11.1. The second-order valence-corrected chi connectivity index (χ2v) is 8.97. The predicted octanol–water partition coefficient (Wildman–Crippen LogP) is 4.44. The number of nitrogens with one attached hydrogen (secondary N) is 1. The van der Waals surface area contributed by atoms with Gasteiger partial charge in [-0.25, -0.2) is 4.79 Å². The van der Waals surface area contributed by atoms with Crippen LogP contribution in [0, 0.1) is 13.8 Å². The lowest BCUT2D eigenvalue weighted by atomic mass is 10.0. The summed E-state index contributed by atoms with van der Waals surface area (Å²) in [5, 5.41) is 0. The number of benzene rings is 2. The summed E-state index contributed by atoms with van der Waals surface area (Å²) < 4.78 is 52.9. The number of piperidine rings is 1. The fraction of sp³-hybridized carbons (Fsp3) is 0.458. The van der Waals surface area contributed by atoms with E-state index < -0.39 is 11.7 Å². The van der Waals surface area contributed by atoms with E-state index in [4.69, 9.17) is 9.47 Å². The molecule has 1 fully saturated rings. The van der Waals surface area contributed by atoms with Crippen molar-refractivity contribution in [2.45, 2.75) is 45.0 Å². The average molecular weight is 461 g/mol. The lowest BCUT2D eigenvalue weighted by Crippen LogP contribution is -2.45. The molecule has 0 amide bonds. The lowest BCUT2D eigenvalue weighted by molar-refractivity contribution is -0.137. The van der Waals surface area contributed by atoms with Gasteiger partial charge in [-0.05, 0) is 56.0 Å². The van der Waals surface area contributed by atoms with Gasteiger partial charge in [0.05, 0.1) is 16.6 Å². The number of aromatic amines is 1. The normalized spacial score (nSPS) is 19.8. The zero-order valence-corrected chi connectivity index (χ0v) is 18.5. The maximum absolute atomic E-state index is 13.0. The van der Waals surface area contributed by atoms with E-state index in [1.807, 2.05) is 26.0 Å². The summed E-state index contributed by atoms with van der Waals surface area (Å²) in [4.78, 5) is 17.4. The first-order valence-corrected chi connectivity index (χ1v) is 11.1. The van der Waals surface area contributed by atoms with Crippen LogP contribution in [0.1, 0.15) is 35.6 Å². The van der Waals surface area contributed by atoms with Crippen LogP contribution in [0.25, 0.3) is 11.0 Å². The van der Waals surface area contributed by atoms with Crippen molar-refractivity contribution < 1.29 is 22.6 Å². The monoisotopic (exact) mass is 461 g/mol. The number of alkyl halides is 3. The van der Waals surface area contributed by atoms with Gasteiger partial charge >= 0.3 is 11.9 Å². The van der Waals surface area contributed by atoms with Crippen molar-refractivity contribution in [1.82, 2.24) is 14.5 Å². The minimum Gasteiger partial charge on any atom is -0.485 e. The lowest BCUT2D eigenvalue weighted by Gasteiger charge is -2.36. The van der Waals surface area contributed by atoms with E-state index in [1.165, 1.54) is 6.07 Å². The molecule has 2 aliphatic rings. The van der Waals surface area contributed by atoms with Crippen LogP contribution in [0.3, 0.4) is 0 Å². The Morgan fingerprint density at radius 2 is 1.76 bits per heavy atom. The van der Waals surface area contributed by atoms with Crippen LogP contribution in [-0.2, 0) is 6.18 Å². The van der Waals surface area contributed by atoms with Gasteiger partial charge < -0.3 is 14.5 Å². The average Bonchev–Trinajstić information content (AvgIpc) is 3.11. The smallest absolute Gasteiger partial charge is 0.416 e. The van der Waals surface area contributed by atoms with Crippen molar-refractivity contribution in [2.75, 3.05) is 26.2 Å². The quantitative estimate of drug-likeness (QED) is 0.627. The van der Waals surface area contributed by atoms with E-state index in [1.54, 1.807) is 4.57 Å². The first kappa shape index (κ1) is 21.9. The molecular formula is C24H26F3N3O3. The van der Waals surface area contributed by atoms with Gasteiger partial charge in [0.1, 0.15) is 12.7 Å². The molecule has 0 spiro atoms. The Morgan fingerprint density at radius 1 is 1.06 bits per heavy atom. The van der Waals surface area contributed by atoms with Gasteiger partial charge in [0.2, 0.25) is 0 Å². The molecule has 3 heterocycles. The number of H-pyrrole nitrogens is 1. The first-order chi connectivity index (χ1) is 15.7. The summed E-state index contributed by atoms with van der Waals surface area (Å²) >= 11 is 0. The highest BCUT2D eigenvalue weighted by atomic mass is 19.4. The van der Waals surface area contributed by atoms with Crippen molar-refractivity contribution >= 4 is 11.0 Å². The molecule has 6 nitrogen and oxygen atoms in total. The number of imidazole rings is 1. The summed E-state index contributed by atoms with van der Waals surface area (Å²) in [6.45, 7) is 6.75. The zero-order valence-electron chi connectivity index (χ0n) is 18.5. The molecule has 0 radical (unpaired) electrons. The molecule has 0 aliphatic carbocycles. The Morgan fingerprint density at radius 3 is 2.45 bits per heavy atom. The molecule has 3 aromatic rings. The second kappa shape index (κ2) is 8.13. The van der Waals surface area contributed by atoms with Crippen LogP contribution in [0.4, 0.5) is 13.2 Å². The number of nitrogens with zero attached hydrogens (tertiary/aromatic N) is 2. The third kappa shape index (κ3) is 4.10. The molecule has 2 aliphatic heterocycles. The van der Waals surface area contributed by atoms with Crippen LogP contribution in [-0.4, -0.2) is 46.8 Å². The number of likely N-dealkylation sites (tertiary alicyclic amines) is 1. The second-order valence-electron chi connectivity index (χ2n) is 8.97. The number of halogens is 3. The van der Waals surface area contributed by atoms with E-state index >= 15 is 0 Å². The highest BCUT2D eigenvalue weighted by Gasteiger charge is 2.32. The van der Waals surface area contributed by atoms with Crippen LogP contribution in [0.5, 0.6) is 11.5 Å². The molecule has 1 unspecified atom stereocenters. The molecule has 33 heavy (non-hydrogen) atoms. The van der Waals surface area contributed by atoms with Crippen molar-refractivity contribution in [3.63, 3.8) is 0 Å². The molecule has 1 aromatic heterocycles. The van der Waals surface area contributed by atoms with Crippen molar-refractivity contribution in [3.05, 3.63) is 57.5 Å². The van der Waals surface area contributed by atoms with E-state index in [9.17, 15) is 18.0 Å². The number of hydrogen-bond acceptors (Lipinski definition) is 4. The minimum absolute atomic E-state index is 0.0617. The van der Waals surface area contributed by atoms with Crippen molar-refractivity contribution in [2.24, 2.45) is 0 Å². The minimum atomic E-state index is -4.44. The van der Waals surface area contributed by atoms with E-state index in [2.05, 4.69) is 9.88 Å². The van der Waals surface area contributed by atoms with Crippen LogP contribution in [0.15, 0.2) is 35.1 Å². The molecule has 5 rings (SSSR count). The number of aryl methyl sites for hydroxylation is 2. The van der Waals surface area contributed by atoms with E-state index in [0.717, 1.165) is 67.2 Å². The van der Waals surface area contributed by atoms with Gasteiger partial charge in [0, 0.05) is 25.7 Å². The molecule has 1 N–H and O–H groups in total. The van der Waals surface area contributed by atoms with E-state index in [-0.39, 0.29) is 23.4 Å². The molecule has 1 saturated heterocycles. The summed E-state index contributed by atoms with van der Waals surface area (Å²) in [7, 11) is 0. The van der Waals surface area contributed by atoms with Gasteiger partial charge in [-0.2, -0.15) is 13.2 Å². The van der Waals surface area contributed by atoms with Crippen molar-refractivity contribution in [1.29, 1.82) is 0 Å². The van der Waals surface area contributed by atoms with Gasteiger partial charge in [-0.15, -0.1) is 0 Å². The summed E-state index contributed by atoms with van der Waals surface area (Å²) in [6.07, 6.45) is -3.06. The van der Waals surface area contributed by atoms with E-state index in [0.29, 0.717) is 12.1 Å². The molecule has 0 bridgehead atoms. The third-order valence-electron chi connectivity index (χ3n) is 6.63. The molecule has 176 valence electrons. The Bertz CT molecular complexity index is 1240. The number of aromatic nitrogens is 2. The third-order valence-corrected chi connectivity index (χ3v) is 6.63. The largest absolute Gasteiger partial charge is 0.485 e. The van der Waals surface area contributed by atoms with Gasteiger partial charge in [-0.1, -0.05) is 12.1 Å². The topological polar surface area (TPSA) is 59.5 Å². The number of fused-ring (bicyclic) bond motifs is 2. The molecule has 2 aromatic carbocycles. The van der Waals surface area contributed by atoms with Crippen molar-refractivity contribution in [3.8, 4) is 11.5 Å². The summed E-state index contributed by atoms with van der Waals surface area (Å²) in [5.41, 5.74) is 1.70. The predicted molar refractivity (Wildman–Crippen MR) is 118 cm³/mol. The summed E-state index contributed by atoms with van der Waals surface area (Å²) in [5.74, 6) is 1.63. The molecule has 9 heteroatoms. The van der Waals surface area contributed by atoms with Gasteiger partial charge in [0.25, 0.3) is 0 Å². The van der Waals surface area contributed by atoms with Crippen LogP contribution >= 0.6 is 0 Å². The Balaban J connectivity index is 1.25. The molecular weight excluding hydrogens is 435 g/mol. The number of ether oxygens (including phenoxy) is 2. The SMILES string of the molecule is Cc1ccc(C)c2c1OCC(CN1CCC(n3c(=O)[nH]c4cc(C(F)(F)F)ccc43)CC1)O2. The zero-order chi connectivity index (χ0) is 23.3. The Labute approximate surface area is 188 Å². The maximum atomic E-state index is 13.0.